The van der Waals surface area contributed by atoms with Crippen molar-refractivity contribution in [2.24, 2.45) is 0 Å². The highest BCUT2D eigenvalue weighted by molar-refractivity contribution is 7.89. The van der Waals surface area contributed by atoms with Gasteiger partial charge in [0.25, 0.3) is 5.56 Å². The van der Waals surface area contributed by atoms with Crippen LogP contribution in [0.4, 0.5) is 0 Å². The summed E-state index contributed by atoms with van der Waals surface area (Å²) in [6, 6.07) is 6.78. The van der Waals surface area contributed by atoms with E-state index in [2.05, 4.69) is 4.98 Å². The summed E-state index contributed by atoms with van der Waals surface area (Å²) in [6.07, 6.45) is 5.76. The predicted molar refractivity (Wildman–Crippen MR) is 125 cm³/mol. The summed E-state index contributed by atoms with van der Waals surface area (Å²) >= 11 is 0. The molecule has 3 heterocycles. The molecule has 10 nitrogen and oxygen atoms in total. The second kappa shape index (κ2) is 8.52. The lowest BCUT2D eigenvalue weighted by atomic mass is 10.2. The van der Waals surface area contributed by atoms with Crippen molar-refractivity contribution in [2.75, 3.05) is 13.1 Å². The van der Waals surface area contributed by atoms with E-state index in [0.717, 1.165) is 42.2 Å². The lowest BCUT2D eigenvalue weighted by molar-refractivity contribution is 0.346. The number of nitriles is 1. The van der Waals surface area contributed by atoms with E-state index in [4.69, 9.17) is 0 Å². The summed E-state index contributed by atoms with van der Waals surface area (Å²) in [5.41, 5.74) is 0.0201. The average Bonchev–Trinajstić information content (AvgIpc) is 3.62. The largest absolute Gasteiger partial charge is 0.331 e. The third kappa shape index (κ3) is 3.76. The molecule has 0 N–H and O–H groups in total. The van der Waals surface area contributed by atoms with Gasteiger partial charge in [-0.1, -0.05) is 6.42 Å². The van der Waals surface area contributed by atoms with Crippen LogP contribution in [-0.4, -0.2) is 44.5 Å². The van der Waals surface area contributed by atoms with Crippen LogP contribution in [0.2, 0.25) is 0 Å². The fourth-order valence-electron chi connectivity index (χ4n) is 4.64. The van der Waals surface area contributed by atoms with Crippen molar-refractivity contribution in [2.45, 2.75) is 63.1 Å². The number of nitrogens with zero attached hydrogens (tertiary/aromatic N) is 6. The standard InChI is InChI=1S/C23H26N6O4S/c1-2-27-20-9-8-18(34(32,33)26-10-4-3-5-11-26)12-19(20)25-21(27)15-29-22(30)16(13-24)14-28(23(29)31)17-6-7-17/h8-9,12,14,17H,2-7,10-11,15H2,1H3. The molecule has 2 aliphatic rings. The Kier molecular flexibility index (Phi) is 5.65. The third-order valence-electron chi connectivity index (χ3n) is 6.62. The van der Waals surface area contributed by atoms with E-state index in [1.54, 1.807) is 18.2 Å². The zero-order chi connectivity index (χ0) is 24.0. The van der Waals surface area contributed by atoms with Gasteiger partial charge in [-0.15, -0.1) is 0 Å². The Hall–Kier alpha value is -3.23. The first-order valence-corrected chi connectivity index (χ1v) is 13.0. The van der Waals surface area contributed by atoms with E-state index < -0.39 is 21.3 Å². The van der Waals surface area contributed by atoms with Crippen LogP contribution in [0.15, 0.2) is 38.9 Å². The molecule has 1 saturated heterocycles. The molecular formula is C23H26N6O4S. The van der Waals surface area contributed by atoms with Crippen LogP contribution in [0.5, 0.6) is 0 Å². The Morgan fingerprint density at radius 3 is 2.50 bits per heavy atom. The molecule has 0 unspecified atom stereocenters. The number of aromatic nitrogens is 4. The molecule has 34 heavy (non-hydrogen) atoms. The predicted octanol–water partition coefficient (Wildman–Crippen LogP) is 1.81. The van der Waals surface area contributed by atoms with Gasteiger partial charge >= 0.3 is 5.69 Å². The first-order valence-electron chi connectivity index (χ1n) is 11.6. The Morgan fingerprint density at radius 2 is 1.85 bits per heavy atom. The maximum Gasteiger partial charge on any atom is 0.331 e. The molecule has 5 rings (SSSR count). The summed E-state index contributed by atoms with van der Waals surface area (Å²) in [5, 5.41) is 9.40. The molecule has 1 aromatic carbocycles. The molecule has 1 saturated carbocycles. The lowest BCUT2D eigenvalue weighted by Gasteiger charge is -2.25. The van der Waals surface area contributed by atoms with E-state index in [0.29, 0.717) is 31.0 Å². The number of piperidine rings is 1. The summed E-state index contributed by atoms with van der Waals surface area (Å²) < 4.78 is 32.1. The molecule has 2 fully saturated rings. The first-order chi connectivity index (χ1) is 16.3. The van der Waals surface area contributed by atoms with E-state index in [-0.39, 0.29) is 23.0 Å². The molecular weight excluding hydrogens is 456 g/mol. The summed E-state index contributed by atoms with van der Waals surface area (Å²) in [4.78, 5) is 30.6. The van der Waals surface area contributed by atoms with Gasteiger partial charge in [-0.3, -0.25) is 13.9 Å². The Balaban J connectivity index is 1.58. The monoisotopic (exact) mass is 482 g/mol. The maximum absolute atomic E-state index is 13.1. The Labute approximate surface area is 196 Å². The number of hydrogen-bond acceptors (Lipinski definition) is 6. The van der Waals surface area contributed by atoms with E-state index in [1.807, 2.05) is 17.6 Å². The van der Waals surface area contributed by atoms with Crippen LogP contribution < -0.4 is 11.2 Å². The van der Waals surface area contributed by atoms with Crippen molar-refractivity contribution in [1.29, 1.82) is 5.26 Å². The molecule has 0 bridgehead atoms. The number of sulfonamides is 1. The minimum absolute atomic E-state index is 0.0130. The highest BCUT2D eigenvalue weighted by Crippen LogP contribution is 2.33. The molecule has 0 spiro atoms. The van der Waals surface area contributed by atoms with Gasteiger partial charge in [-0.05, 0) is 50.8 Å². The molecule has 3 aromatic rings. The molecule has 11 heteroatoms. The Bertz CT molecular complexity index is 1530. The maximum atomic E-state index is 13.1. The number of fused-ring (bicyclic) bond motifs is 1. The molecule has 178 valence electrons. The second-order valence-corrected chi connectivity index (χ2v) is 10.8. The lowest BCUT2D eigenvalue weighted by Crippen LogP contribution is -2.41. The minimum atomic E-state index is -3.61. The number of benzene rings is 1. The zero-order valence-corrected chi connectivity index (χ0v) is 19.8. The van der Waals surface area contributed by atoms with Gasteiger partial charge in [-0.25, -0.2) is 18.2 Å². The van der Waals surface area contributed by atoms with Crippen LogP contribution in [0, 0.1) is 11.3 Å². The number of hydrogen-bond donors (Lipinski definition) is 0. The zero-order valence-electron chi connectivity index (χ0n) is 19.0. The van der Waals surface area contributed by atoms with Crippen LogP contribution in [-0.2, 0) is 23.1 Å². The molecule has 1 aliphatic heterocycles. The van der Waals surface area contributed by atoms with Crippen molar-refractivity contribution in [1.82, 2.24) is 23.0 Å². The van der Waals surface area contributed by atoms with Gasteiger partial charge in [0.1, 0.15) is 17.5 Å². The second-order valence-electron chi connectivity index (χ2n) is 8.85. The Morgan fingerprint density at radius 1 is 1.12 bits per heavy atom. The normalized spacial score (nSPS) is 17.2. The molecule has 0 radical (unpaired) electrons. The molecule has 2 aromatic heterocycles. The summed E-state index contributed by atoms with van der Waals surface area (Å²) in [7, 11) is -3.61. The van der Waals surface area contributed by atoms with E-state index in [9.17, 15) is 23.3 Å². The summed E-state index contributed by atoms with van der Waals surface area (Å²) in [6.45, 7) is 3.37. The van der Waals surface area contributed by atoms with Crippen LogP contribution in [0.25, 0.3) is 11.0 Å². The van der Waals surface area contributed by atoms with E-state index in [1.165, 1.54) is 15.1 Å². The van der Waals surface area contributed by atoms with Gasteiger partial charge in [0.15, 0.2) is 0 Å². The van der Waals surface area contributed by atoms with Gasteiger partial charge in [0.2, 0.25) is 10.0 Å². The number of aryl methyl sites for hydroxylation is 1. The first kappa shape index (κ1) is 22.6. The molecule has 0 amide bonds. The van der Waals surface area contributed by atoms with Crippen molar-refractivity contribution in [3.63, 3.8) is 0 Å². The van der Waals surface area contributed by atoms with Crippen molar-refractivity contribution >= 4 is 21.1 Å². The SMILES string of the molecule is CCn1c(Cn2c(=O)c(C#N)cn(C3CC3)c2=O)nc2cc(S(=O)(=O)N3CCCCC3)ccc21. The smallest absolute Gasteiger partial charge is 0.327 e. The van der Waals surface area contributed by atoms with Gasteiger partial charge in [-0.2, -0.15) is 9.57 Å². The fraction of sp³-hybridized carbons (Fsp3) is 0.478. The highest BCUT2D eigenvalue weighted by Gasteiger charge is 2.28. The third-order valence-corrected chi connectivity index (χ3v) is 8.52. The highest BCUT2D eigenvalue weighted by atomic mass is 32.2. The topological polar surface area (TPSA) is 123 Å². The average molecular weight is 483 g/mol. The number of rotatable bonds is 6. The fourth-order valence-corrected chi connectivity index (χ4v) is 6.18. The van der Waals surface area contributed by atoms with Gasteiger partial charge < -0.3 is 4.57 Å². The van der Waals surface area contributed by atoms with E-state index >= 15 is 0 Å². The van der Waals surface area contributed by atoms with Gasteiger partial charge in [0, 0.05) is 31.9 Å². The van der Waals surface area contributed by atoms with Gasteiger partial charge in [0.05, 0.1) is 22.5 Å². The van der Waals surface area contributed by atoms with Crippen LogP contribution in [0.3, 0.4) is 0 Å². The molecule has 0 atom stereocenters. The van der Waals surface area contributed by atoms with Crippen molar-refractivity contribution < 1.29 is 8.42 Å². The van der Waals surface area contributed by atoms with Crippen molar-refractivity contribution in [3.8, 4) is 6.07 Å². The molecule has 1 aliphatic carbocycles. The van der Waals surface area contributed by atoms with Crippen molar-refractivity contribution in [3.05, 3.63) is 56.6 Å². The number of imidazole rings is 1. The van der Waals surface area contributed by atoms with Crippen LogP contribution >= 0.6 is 0 Å². The summed E-state index contributed by atoms with van der Waals surface area (Å²) in [5.74, 6) is 0.460. The van der Waals surface area contributed by atoms with Crippen LogP contribution in [0.1, 0.15) is 56.5 Å². The minimum Gasteiger partial charge on any atom is -0.327 e. The quantitative estimate of drug-likeness (QED) is 0.528.